The fourth-order valence-electron chi connectivity index (χ4n) is 8.55. The lowest BCUT2D eigenvalue weighted by Gasteiger charge is -2.47. The molecule has 8 rings (SSSR count). The maximum Gasteiger partial charge on any atom is 0.0903 e. The van der Waals surface area contributed by atoms with Gasteiger partial charge in [-0.3, -0.25) is 19.8 Å². The van der Waals surface area contributed by atoms with Gasteiger partial charge in [0.2, 0.25) is 0 Å². The van der Waals surface area contributed by atoms with Crippen LogP contribution in [0.3, 0.4) is 0 Å². The Hall–Kier alpha value is -3.82. The summed E-state index contributed by atoms with van der Waals surface area (Å²) >= 11 is 14.4. The highest BCUT2D eigenvalue weighted by molar-refractivity contribution is 6.39. The van der Waals surface area contributed by atoms with E-state index in [2.05, 4.69) is 47.4 Å². The summed E-state index contributed by atoms with van der Waals surface area (Å²) in [7, 11) is 0. The van der Waals surface area contributed by atoms with Gasteiger partial charge in [0.1, 0.15) is 0 Å². The number of nitrogens with zero attached hydrogens (tertiary/aromatic N) is 6. The predicted octanol–water partition coefficient (Wildman–Crippen LogP) is 7.32. The molecule has 0 aliphatic carbocycles. The Balaban J connectivity index is 1.01. The van der Waals surface area contributed by atoms with E-state index in [9.17, 15) is 0 Å². The average molecular weight is 708 g/mol. The minimum absolute atomic E-state index is 0.333. The number of nitrogens with one attached hydrogen (secondary N) is 2. The highest BCUT2D eigenvalue weighted by Crippen LogP contribution is 2.43. The maximum absolute atomic E-state index is 7.18. The van der Waals surface area contributed by atoms with E-state index in [1.807, 2.05) is 48.8 Å². The number of hydrogen-bond donors (Lipinski definition) is 2. The average Bonchev–Trinajstić information content (AvgIpc) is 3.68. The molecule has 258 valence electrons. The fourth-order valence-corrected chi connectivity index (χ4v) is 9.20. The molecule has 0 saturated carbocycles. The standard InChI is InChI=1S/C40H44Cl2N8/c1-5-31-35(17-49-21-39(22-49)13-25(3)45-19-39)43-15-33(47-31)29-11-7-9-27(37(29)41)28-10-8-12-30(38(28)42)34-16-44-36(32(6-2)48-34)18-50-23-40(24-50)14-26(4)46-20-40/h7-12,15-16,45-46H,3-6,13-14,17-24H2,1-2H3. The van der Waals surface area contributed by atoms with E-state index in [-0.39, 0.29) is 0 Å². The Kier molecular flexibility index (Phi) is 8.70. The topological polar surface area (TPSA) is 82.1 Å². The van der Waals surface area contributed by atoms with Crippen molar-refractivity contribution in [3.8, 4) is 33.6 Å². The summed E-state index contributed by atoms with van der Waals surface area (Å²) in [5.41, 5.74) is 11.9. The molecule has 2 aromatic heterocycles. The van der Waals surface area contributed by atoms with Crippen molar-refractivity contribution in [3.05, 3.63) is 106 Å². The van der Waals surface area contributed by atoms with Gasteiger partial charge in [-0.2, -0.15) is 0 Å². The highest BCUT2D eigenvalue weighted by Gasteiger charge is 2.47. The Morgan fingerprint density at radius 3 is 1.40 bits per heavy atom. The number of hydrogen-bond acceptors (Lipinski definition) is 8. The first-order valence-corrected chi connectivity index (χ1v) is 18.5. The molecule has 4 aliphatic heterocycles. The Labute approximate surface area is 305 Å². The molecule has 0 atom stereocenters. The van der Waals surface area contributed by atoms with Crippen LogP contribution in [0.2, 0.25) is 10.0 Å². The number of benzene rings is 2. The number of rotatable bonds is 9. The first kappa shape index (κ1) is 33.3. The van der Waals surface area contributed by atoms with Gasteiger partial charge in [0.15, 0.2) is 0 Å². The van der Waals surface area contributed by atoms with Crippen molar-refractivity contribution in [1.82, 2.24) is 40.4 Å². The van der Waals surface area contributed by atoms with E-state index in [4.69, 9.17) is 43.1 Å². The molecule has 8 nitrogen and oxygen atoms in total. The van der Waals surface area contributed by atoms with E-state index in [1.165, 1.54) is 0 Å². The van der Waals surface area contributed by atoms with Crippen molar-refractivity contribution in [2.75, 3.05) is 39.3 Å². The van der Waals surface area contributed by atoms with Crippen LogP contribution in [0.5, 0.6) is 0 Å². The maximum atomic E-state index is 7.18. The number of aromatic nitrogens is 4. The van der Waals surface area contributed by atoms with Crippen LogP contribution in [-0.4, -0.2) is 69.0 Å². The zero-order chi connectivity index (χ0) is 34.6. The van der Waals surface area contributed by atoms with E-state index < -0.39 is 0 Å². The highest BCUT2D eigenvalue weighted by atomic mass is 35.5. The lowest BCUT2D eigenvalue weighted by Crippen LogP contribution is -2.56. The second kappa shape index (κ2) is 13.1. The third kappa shape index (κ3) is 6.10. The summed E-state index contributed by atoms with van der Waals surface area (Å²) in [5, 5.41) is 8.04. The molecule has 10 heteroatoms. The van der Waals surface area contributed by atoms with E-state index >= 15 is 0 Å². The molecule has 4 aromatic rings. The third-order valence-corrected chi connectivity index (χ3v) is 11.8. The third-order valence-electron chi connectivity index (χ3n) is 11.0. The number of aryl methyl sites for hydroxylation is 2. The molecule has 4 aliphatic rings. The van der Waals surface area contributed by atoms with Crippen molar-refractivity contribution in [3.63, 3.8) is 0 Å². The molecule has 0 amide bonds. The predicted molar refractivity (Wildman–Crippen MR) is 202 cm³/mol. The van der Waals surface area contributed by atoms with Gasteiger partial charge in [-0.05, 0) is 25.7 Å². The van der Waals surface area contributed by atoms with Crippen molar-refractivity contribution < 1.29 is 0 Å². The zero-order valence-corrected chi connectivity index (χ0v) is 30.5. The van der Waals surface area contributed by atoms with Gasteiger partial charge >= 0.3 is 0 Å². The van der Waals surface area contributed by atoms with Crippen LogP contribution in [0.1, 0.15) is 49.5 Å². The second-order valence-electron chi connectivity index (χ2n) is 14.9. The van der Waals surface area contributed by atoms with Crippen LogP contribution in [-0.2, 0) is 25.9 Å². The van der Waals surface area contributed by atoms with Crippen LogP contribution >= 0.6 is 23.2 Å². The van der Waals surface area contributed by atoms with Crippen molar-refractivity contribution >= 4 is 23.2 Å². The van der Waals surface area contributed by atoms with Crippen LogP contribution < -0.4 is 10.6 Å². The molecule has 0 unspecified atom stereocenters. The lowest BCUT2D eigenvalue weighted by molar-refractivity contribution is 0.0104. The number of halogens is 2. The molecule has 2 aromatic carbocycles. The summed E-state index contributed by atoms with van der Waals surface area (Å²) in [6, 6.07) is 12.0. The number of likely N-dealkylation sites (tertiary alicyclic amines) is 2. The summed E-state index contributed by atoms with van der Waals surface area (Å²) in [4.78, 5) is 24.9. The zero-order valence-electron chi connectivity index (χ0n) is 29.0. The van der Waals surface area contributed by atoms with Crippen LogP contribution in [0.25, 0.3) is 33.6 Å². The molecule has 0 bridgehead atoms. The van der Waals surface area contributed by atoms with Gasteiger partial charge in [0, 0.05) is 96.8 Å². The molecule has 4 fully saturated rings. The molecular weight excluding hydrogens is 663 g/mol. The van der Waals surface area contributed by atoms with Gasteiger partial charge < -0.3 is 10.6 Å². The van der Waals surface area contributed by atoms with Gasteiger partial charge in [0.25, 0.3) is 0 Å². The quantitative estimate of drug-likeness (QED) is 0.188. The van der Waals surface area contributed by atoms with Crippen molar-refractivity contribution in [1.29, 1.82) is 0 Å². The molecule has 2 spiro atoms. The molecule has 6 heterocycles. The lowest BCUT2D eigenvalue weighted by atomic mass is 9.78. The van der Waals surface area contributed by atoms with Gasteiger partial charge in [0.05, 0.1) is 56.6 Å². The van der Waals surface area contributed by atoms with Gasteiger partial charge in [-0.15, -0.1) is 0 Å². The van der Waals surface area contributed by atoms with E-state index in [1.54, 1.807) is 0 Å². The van der Waals surface area contributed by atoms with Gasteiger partial charge in [-0.1, -0.05) is 86.6 Å². The first-order valence-electron chi connectivity index (χ1n) is 17.7. The first-order chi connectivity index (χ1) is 24.2. The summed E-state index contributed by atoms with van der Waals surface area (Å²) in [5.74, 6) is 0. The Morgan fingerprint density at radius 1 is 0.640 bits per heavy atom. The second-order valence-corrected chi connectivity index (χ2v) is 15.7. The molecule has 4 saturated heterocycles. The van der Waals surface area contributed by atoms with E-state index in [0.29, 0.717) is 20.9 Å². The molecule has 50 heavy (non-hydrogen) atoms. The molecule has 2 N–H and O–H groups in total. The fraction of sp³-hybridized carbons (Fsp3) is 0.400. The summed E-state index contributed by atoms with van der Waals surface area (Å²) in [6.45, 7) is 20.4. The molecular formula is C40H44Cl2N8. The Morgan fingerprint density at radius 2 is 1.04 bits per heavy atom. The van der Waals surface area contributed by atoms with E-state index in [0.717, 1.165) is 146 Å². The van der Waals surface area contributed by atoms with Crippen LogP contribution in [0, 0.1) is 10.8 Å². The minimum Gasteiger partial charge on any atom is -0.388 e. The normalized spacial score (nSPS) is 19.4. The summed E-state index contributed by atoms with van der Waals surface area (Å²) < 4.78 is 0. The van der Waals surface area contributed by atoms with Gasteiger partial charge in [-0.25, -0.2) is 9.97 Å². The van der Waals surface area contributed by atoms with Crippen LogP contribution in [0.4, 0.5) is 0 Å². The van der Waals surface area contributed by atoms with Crippen LogP contribution in [0.15, 0.2) is 73.3 Å². The smallest absolute Gasteiger partial charge is 0.0903 e. The minimum atomic E-state index is 0.333. The molecule has 0 radical (unpaired) electrons. The SMILES string of the molecule is C=C1CC2(CN1)CN(Cc1ncc(-c3cccc(-c4cccc(-c5cnc(CN6CC7(CNC(=C)C7)C6)c(CC)n5)c4Cl)c3Cl)nc1CC)C2. The summed E-state index contributed by atoms with van der Waals surface area (Å²) in [6.07, 6.45) is 7.43. The monoisotopic (exact) mass is 706 g/mol. The Bertz CT molecular complexity index is 1850. The van der Waals surface area contributed by atoms with Crippen molar-refractivity contribution in [2.45, 2.75) is 52.6 Å². The number of allylic oxidation sites excluding steroid dienone is 2. The largest absolute Gasteiger partial charge is 0.388 e. The van der Waals surface area contributed by atoms with Crippen molar-refractivity contribution in [2.24, 2.45) is 10.8 Å².